The van der Waals surface area contributed by atoms with Crippen LogP contribution in [0.2, 0.25) is 0 Å². The Balaban J connectivity index is 2.27. The first-order chi connectivity index (χ1) is 9.40. The van der Waals surface area contributed by atoms with Crippen molar-refractivity contribution in [3.05, 3.63) is 0 Å². The van der Waals surface area contributed by atoms with Gasteiger partial charge in [0.25, 0.3) is 0 Å². The van der Waals surface area contributed by atoms with Crippen LogP contribution in [-0.4, -0.2) is 35.5 Å². The Morgan fingerprint density at radius 2 is 2.10 bits per heavy atom. The number of hydrogen-bond acceptors (Lipinski definition) is 3. The molecule has 1 fully saturated rings. The van der Waals surface area contributed by atoms with Crippen LogP contribution in [0.15, 0.2) is 0 Å². The molecule has 6 heteroatoms. The van der Waals surface area contributed by atoms with E-state index in [1.54, 1.807) is 0 Å². The van der Waals surface area contributed by atoms with Gasteiger partial charge >= 0.3 is 5.97 Å². The molecule has 1 unspecified atom stereocenters. The molecule has 1 aliphatic heterocycles. The van der Waals surface area contributed by atoms with E-state index in [1.807, 2.05) is 0 Å². The van der Waals surface area contributed by atoms with Crippen molar-refractivity contribution in [1.29, 1.82) is 0 Å². The Morgan fingerprint density at radius 3 is 2.60 bits per heavy atom. The molecule has 1 heterocycles. The van der Waals surface area contributed by atoms with Crippen LogP contribution in [0.5, 0.6) is 0 Å². The van der Waals surface area contributed by atoms with E-state index < -0.39 is 12.0 Å². The molecule has 0 aromatic carbocycles. The highest BCUT2D eigenvalue weighted by Gasteiger charge is 2.27. The smallest absolute Gasteiger partial charge is 0.303 e. The molecular formula is C14H24N2O4. The van der Waals surface area contributed by atoms with Gasteiger partial charge in [-0.15, -0.1) is 0 Å². The summed E-state index contributed by atoms with van der Waals surface area (Å²) >= 11 is 0. The average Bonchev–Trinajstić information content (AvgIpc) is 2.79. The lowest BCUT2D eigenvalue weighted by Crippen LogP contribution is -2.42. The largest absolute Gasteiger partial charge is 0.481 e. The molecule has 114 valence electrons. The lowest BCUT2D eigenvalue weighted by Gasteiger charge is -2.20. The van der Waals surface area contributed by atoms with E-state index in [2.05, 4.69) is 24.5 Å². The molecule has 20 heavy (non-hydrogen) atoms. The van der Waals surface area contributed by atoms with Crippen LogP contribution < -0.4 is 10.6 Å². The van der Waals surface area contributed by atoms with Crippen LogP contribution in [-0.2, 0) is 14.4 Å². The second-order valence-electron chi connectivity index (χ2n) is 5.67. The van der Waals surface area contributed by atoms with Crippen molar-refractivity contribution in [1.82, 2.24) is 10.6 Å². The SMILES string of the molecule is CC(C)C(CCNC(=O)[C@H]1CCC(=O)N1)CCC(=O)O. The third kappa shape index (κ3) is 5.59. The molecule has 0 aliphatic carbocycles. The topological polar surface area (TPSA) is 95.5 Å². The Morgan fingerprint density at radius 1 is 1.40 bits per heavy atom. The van der Waals surface area contributed by atoms with Gasteiger partial charge < -0.3 is 15.7 Å². The summed E-state index contributed by atoms with van der Waals surface area (Å²) in [6, 6.07) is -0.404. The van der Waals surface area contributed by atoms with E-state index in [0.29, 0.717) is 31.7 Å². The summed E-state index contributed by atoms with van der Waals surface area (Å²) in [6.07, 6.45) is 2.51. The quantitative estimate of drug-likeness (QED) is 0.617. The molecule has 2 amide bonds. The zero-order chi connectivity index (χ0) is 15.1. The van der Waals surface area contributed by atoms with Crippen molar-refractivity contribution in [3.8, 4) is 0 Å². The predicted molar refractivity (Wildman–Crippen MR) is 74.0 cm³/mol. The number of hydrogen-bond donors (Lipinski definition) is 3. The van der Waals surface area contributed by atoms with Gasteiger partial charge in [0.15, 0.2) is 0 Å². The van der Waals surface area contributed by atoms with Crippen LogP contribution in [0.1, 0.15) is 46.0 Å². The fourth-order valence-corrected chi connectivity index (χ4v) is 2.43. The first-order valence-electron chi connectivity index (χ1n) is 7.19. The van der Waals surface area contributed by atoms with E-state index in [0.717, 1.165) is 6.42 Å². The fraction of sp³-hybridized carbons (Fsp3) is 0.786. The number of carboxylic acid groups (broad SMARTS) is 1. The van der Waals surface area contributed by atoms with E-state index in [1.165, 1.54) is 0 Å². The zero-order valence-corrected chi connectivity index (χ0v) is 12.1. The Bertz CT molecular complexity index is 368. The maximum atomic E-state index is 11.8. The first kappa shape index (κ1) is 16.5. The Kier molecular flexibility index (Phi) is 6.48. The minimum absolute atomic E-state index is 0.0772. The molecule has 6 nitrogen and oxygen atoms in total. The summed E-state index contributed by atoms with van der Waals surface area (Å²) in [5, 5.41) is 14.2. The molecule has 1 aliphatic rings. The highest BCUT2D eigenvalue weighted by atomic mass is 16.4. The number of amides is 2. The van der Waals surface area contributed by atoms with Crippen LogP contribution >= 0.6 is 0 Å². The summed E-state index contributed by atoms with van der Waals surface area (Å²) in [4.78, 5) is 33.4. The van der Waals surface area contributed by atoms with Crippen molar-refractivity contribution in [2.24, 2.45) is 11.8 Å². The lowest BCUT2D eigenvalue weighted by atomic mass is 9.88. The van der Waals surface area contributed by atoms with Gasteiger partial charge in [-0.25, -0.2) is 0 Å². The maximum Gasteiger partial charge on any atom is 0.303 e. The molecule has 0 radical (unpaired) electrons. The number of nitrogens with one attached hydrogen (secondary N) is 2. The zero-order valence-electron chi connectivity index (χ0n) is 12.1. The van der Waals surface area contributed by atoms with Crippen molar-refractivity contribution in [2.45, 2.75) is 52.0 Å². The standard InChI is InChI=1S/C14H24N2O4/c1-9(2)10(3-6-13(18)19)7-8-15-14(20)11-4-5-12(17)16-11/h9-11H,3-8H2,1-2H3,(H,15,20)(H,16,17)(H,18,19)/t10?,11-/m1/s1. The minimum atomic E-state index is -0.784. The summed E-state index contributed by atoms with van der Waals surface area (Å²) in [6.45, 7) is 4.64. The number of rotatable bonds is 8. The monoisotopic (exact) mass is 284 g/mol. The molecule has 2 atom stereocenters. The molecular weight excluding hydrogens is 260 g/mol. The normalized spacial score (nSPS) is 19.8. The summed E-state index contributed by atoms with van der Waals surface area (Å²) < 4.78 is 0. The van der Waals surface area contributed by atoms with Gasteiger partial charge in [0, 0.05) is 19.4 Å². The molecule has 1 rings (SSSR count). The summed E-state index contributed by atoms with van der Waals surface area (Å²) in [5.74, 6) is -0.335. The molecule has 0 aromatic rings. The number of carbonyl (C=O) groups is 3. The summed E-state index contributed by atoms with van der Waals surface area (Å²) in [5.41, 5.74) is 0. The van der Waals surface area contributed by atoms with E-state index in [4.69, 9.17) is 5.11 Å². The first-order valence-corrected chi connectivity index (χ1v) is 7.19. The van der Waals surface area contributed by atoms with Crippen molar-refractivity contribution in [2.75, 3.05) is 6.54 Å². The predicted octanol–water partition coefficient (Wildman–Crippen LogP) is 0.908. The fourth-order valence-electron chi connectivity index (χ4n) is 2.43. The van der Waals surface area contributed by atoms with Gasteiger partial charge in [0.2, 0.25) is 11.8 Å². The number of aliphatic carboxylic acids is 1. The molecule has 0 aromatic heterocycles. The van der Waals surface area contributed by atoms with Crippen molar-refractivity contribution < 1.29 is 19.5 Å². The number of carboxylic acids is 1. The van der Waals surface area contributed by atoms with Gasteiger partial charge in [-0.3, -0.25) is 14.4 Å². The lowest BCUT2D eigenvalue weighted by molar-refractivity contribution is -0.137. The second kappa shape index (κ2) is 7.87. The van der Waals surface area contributed by atoms with Gasteiger partial charge in [-0.05, 0) is 31.1 Å². The highest BCUT2D eigenvalue weighted by Crippen LogP contribution is 2.20. The van der Waals surface area contributed by atoms with Crippen molar-refractivity contribution in [3.63, 3.8) is 0 Å². The molecule has 3 N–H and O–H groups in total. The number of carbonyl (C=O) groups excluding carboxylic acids is 2. The maximum absolute atomic E-state index is 11.8. The highest BCUT2D eigenvalue weighted by molar-refractivity contribution is 5.90. The van der Waals surface area contributed by atoms with Crippen LogP contribution in [0.4, 0.5) is 0 Å². The van der Waals surface area contributed by atoms with Gasteiger partial charge in [0.05, 0.1) is 0 Å². The van der Waals surface area contributed by atoms with Gasteiger partial charge in [-0.2, -0.15) is 0 Å². The molecule has 0 spiro atoms. The van der Waals surface area contributed by atoms with E-state index in [9.17, 15) is 14.4 Å². The molecule has 0 bridgehead atoms. The minimum Gasteiger partial charge on any atom is -0.481 e. The Labute approximate surface area is 119 Å². The van der Waals surface area contributed by atoms with E-state index >= 15 is 0 Å². The van der Waals surface area contributed by atoms with Crippen molar-refractivity contribution >= 4 is 17.8 Å². The average molecular weight is 284 g/mol. The molecule has 1 saturated heterocycles. The third-order valence-electron chi connectivity index (χ3n) is 3.80. The molecule has 0 saturated carbocycles. The van der Waals surface area contributed by atoms with Crippen LogP contribution in [0, 0.1) is 11.8 Å². The summed E-state index contributed by atoms with van der Waals surface area (Å²) in [7, 11) is 0. The van der Waals surface area contributed by atoms with Crippen LogP contribution in [0.3, 0.4) is 0 Å². The third-order valence-corrected chi connectivity index (χ3v) is 3.80. The van der Waals surface area contributed by atoms with Gasteiger partial charge in [0.1, 0.15) is 6.04 Å². The van der Waals surface area contributed by atoms with Crippen LogP contribution in [0.25, 0.3) is 0 Å². The second-order valence-corrected chi connectivity index (χ2v) is 5.67. The Hall–Kier alpha value is -1.59. The van der Waals surface area contributed by atoms with E-state index in [-0.39, 0.29) is 24.2 Å². The van der Waals surface area contributed by atoms with Gasteiger partial charge in [-0.1, -0.05) is 13.8 Å².